The number of aromatic nitrogens is 2. The van der Waals surface area contributed by atoms with Crippen LogP contribution in [-0.2, 0) is 16.1 Å². The quantitative estimate of drug-likeness (QED) is 0.432. The molecule has 0 fully saturated rings. The molecule has 94 valence electrons. The molecule has 0 spiro atoms. The number of aryl methyl sites for hydroxylation is 1. The maximum absolute atomic E-state index is 11.4. The van der Waals surface area contributed by atoms with Gasteiger partial charge in [0.05, 0.1) is 6.54 Å². The van der Waals surface area contributed by atoms with E-state index in [0.29, 0.717) is 5.57 Å². The van der Waals surface area contributed by atoms with Gasteiger partial charge in [-0.25, -0.2) is 9.36 Å². The second-order valence-electron chi connectivity index (χ2n) is 4.24. The van der Waals surface area contributed by atoms with E-state index in [1.54, 1.807) is 6.92 Å². The van der Waals surface area contributed by atoms with Gasteiger partial charge in [0.15, 0.2) is 0 Å². The minimum atomic E-state index is -0.355. The number of ether oxygens (including phenoxy) is 1. The van der Waals surface area contributed by atoms with Crippen LogP contribution >= 0.6 is 0 Å². The van der Waals surface area contributed by atoms with E-state index in [2.05, 4.69) is 18.1 Å². The predicted octanol–water partition coefficient (Wildman–Crippen LogP) is 2.21. The lowest BCUT2D eigenvalue weighted by molar-refractivity contribution is -0.697. The molecule has 0 amide bonds. The first-order valence-corrected chi connectivity index (χ1v) is 5.97. The van der Waals surface area contributed by atoms with Crippen molar-refractivity contribution in [1.29, 1.82) is 0 Å². The molecule has 0 aliphatic rings. The van der Waals surface area contributed by atoms with E-state index in [-0.39, 0.29) is 12.2 Å². The van der Waals surface area contributed by atoms with Gasteiger partial charge in [0, 0.05) is 12.5 Å². The van der Waals surface area contributed by atoms with Gasteiger partial charge in [-0.2, -0.15) is 4.57 Å². The van der Waals surface area contributed by atoms with Crippen LogP contribution in [-0.4, -0.2) is 10.5 Å². The standard InChI is InChI=1S/C13H21N2O2/c1-5-6-7-14-8-9-15(10-14)12(4)17-13(16)11(2)3/h8-10,12H,2,5-7H2,1,3-4H3/q+1. The van der Waals surface area contributed by atoms with Crippen molar-refractivity contribution in [2.45, 2.75) is 46.4 Å². The van der Waals surface area contributed by atoms with Gasteiger partial charge in [-0.3, -0.25) is 0 Å². The number of nitrogens with zero attached hydrogens (tertiary/aromatic N) is 2. The highest BCUT2D eigenvalue weighted by Crippen LogP contribution is 2.08. The molecular formula is C13H21N2O2+. The molecule has 0 aromatic carbocycles. The Morgan fingerprint density at radius 1 is 1.59 bits per heavy atom. The highest BCUT2D eigenvalue weighted by atomic mass is 16.6. The maximum atomic E-state index is 11.4. The highest BCUT2D eigenvalue weighted by molar-refractivity contribution is 5.86. The molecule has 0 N–H and O–H groups in total. The molecule has 1 heterocycles. The van der Waals surface area contributed by atoms with Crippen molar-refractivity contribution in [3.05, 3.63) is 30.9 Å². The van der Waals surface area contributed by atoms with Crippen LogP contribution in [0.1, 0.15) is 39.8 Å². The van der Waals surface area contributed by atoms with Gasteiger partial charge >= 0.3 is 5.97 Å². The van der Waals surface area contributed by atoms with Crippen LogP contribution in [0.15, 0.2) is 30.9 Å². The SMILES string of the molecule is C=C(C)C(=O)OC(C)n1cc[n+](CCCC)c1. The van der Waals surface area contributed by atoms with Crippen LogP contribution in [0.4, 0.5) is 0 Å². The van der Waals surface area contributed by atoms with Gasteiger partial charge in [-0.15, -0.1) is 0 Å². The Bertz CT molecular complexity index is 396. The molecule has 4 nitrogen and oxygen atoms in total. The molecule has 0 radical (unpaired) electrons. The Morgan fingerprint density at radius 3 is 2.88 bits per heavy atom. The van der Waals surface area contributed by atoms with E-state index in [9.17, 15) is 4.79 Å². The molecule has 0 saturated heterocycles. The Labute approximate surface area is 103 Å². The Balaban J connectivity index is 2.57. The summed E-state index contributed by atoms with van der Waals surface area (Å²) in [7, 11) is 0. The molecule has 1 rings (SSSR count). The van der Waals surface area contributed by atoms with Crippen LogP contribution in [0.25, 0.3) is 0 Å². The Morgan fingerprint density at radius 2 is 2.29 bits per heavy atom. The van der Waals surface area contributed by atoms with E-state index < -0.39 is 0 Å². The average Bonchev–Trinajstić information content (AvgIpc) is 2.74. The molecule has 0 aliphatic carbocycles. The minimum Gasteiger partial charge on any atom is -0.419 e. The third-order valence-corrected chi connectivity index (χ3v) is 2.53. The van der Waals surface area contributed by atoms with Gasteiger partial charge in [-0.05, 0) is 13.3 Å². The Kier molecular flexibility index (Phi) is 4.94. The maximum Gasteiger partial charge on any atom is 0.336 e. The van der Waals surface area contributed by atoms with E-state index in [1.165, 1.54) is 6.42 Å². The predicted molar refractivity (Wildman–Crippen MR) is 65.2 cm³/mol. The number of unbranched alkanes of at least 4 members (excludes halogenated alkanes) is 1. The fraction of sp³-hybridized carbons (Fsp3) is 0.538. The number of carbonyl (C=O) groups excluding carboxylic acids is 1. The summed E-state index contributed by atoms with van der Waals surface area (Å²) >= 11 is 0. The fourth-order valence-electron chi connectivity index (χ4n) is 1.42. The Hall–Kier alpha value is -1.58. The van der Waals surface area contributed by atoms with Crippen molar-refractivity contribution < 1.29 is 14.1 Å². The molecule has 1 atom stereocenters. The molecule has 1 unspecified atom stereocenters. The van der Waals surface area contributed by atoms with Crippen molar-refractivity contribution in [2.75, 3.05) is 0 Å². The van der Waals surface area contributed by atoms with Crippen LogP contribution in [0.5, 0.6) is 0 Å². The van der Waals surface area contributed by atoms with Crippen molar-refractivity contribution in [3.63, 3.8) is 0 Å². The summed E-state index contributed by atoms with van der Waals surface area (Å²) in [6.45, 7) is 10.2. The van der Waals surface area contributed by atoms with Gasteiger partial charge in [0.1, 0.15) is 12.4 Å². The topological polar surface area (TPSA) is 35.1 Å². The number of carbonyl (C=O) groups is 1. The first-order valence-electron chi connectivity index (χ1n) is 5.97. The summed E-state index contributed by atoms with van der Waals surface area (Å²) in [4.78, 5) is 11.4. The average molecular weight is 237 g/mol. The van der Waals surface area contributed by atoms with Gasteiger partial charge in [0.2, 0.25) is 12.6 Å². The van der Waals surface area contributed by atoms with Crippen molar-refractivity contribution in [2.24, 2.45) is 0 Å². The molecule has 4 heteroatoms. The normalized spacial score (nSPS) is 12.2. The fourth-order valence-corrected chi connectivity index (χ4v) is 1.42. The van der Waals surface area contributed by atoms with Gasteiger partial charge < -0.3 is 4.74 Å². The summed E-state index contributed by atoms with van der Waals surface area (Å²) < 4.78 is 9.19. The molecular weight excluding hydrogens is 216 g/mol. The number of hydrogen-bond donors (Lipinski definition) is 0. The van der Waals surface area contributed by atoms with Crippen molar-refractivity contribution in [3.8, 4) is 0 Å². The summed E-state index contributed by atoms with van der Waals surface area (Å²) in [5.74, 6) is -0.355. The largest absolute Gasteiger partial charge is 0.419 e. The molecule has 1 aromatic rings. The summed E-state index contributed by atoms with van der Waals surface area (Å²) in [5.41, 5.74) is 0.419. The zero-order valence-corrected chi connectivity index (χ0v) is 10.8. The monoisotopic (exact) mass is 237 g/mol. The van der Waals surface area contributed by atoms with E-state index >= 15 is 0 Å². The first kappa shape index (κ1) is 13.5. The summed E-state index contributed by atoms with van der Waals surface area (Å²) in [6.07, 6.45) is 7.85. The number of hydrogen-bond acceptors (Lipinski definition) is 2. The molecule has 1 aromatic heterocycles. The lowest BCUT2D eigenvalue weighted by Gasteiger charge is -2.09. The van der Waals surface area contributed by atoms with Crippen LogP contribution in [0.2, 0.25) is 0 Å². The molecule has 0 aliphatic heterocycles. The lowest BCUT2D eigenvalue weighted by Crippen LogP contribution is -2.31. The molecule has 0 bridgehead atoms. The second-order valence-corrected chi connectivity index (χ2v) is 4.24. The third kappa shape index (κ3) is 4.06. The zero-order valence-electron chi connectivity index (χ0n) is 10.8. The van der Waals surface area contributed by atoms with Crippen LogP contribution < -0.4 is 4.57 Å². The minimum absolute atomic E-state index is 0.304. The third-order valence-electron chi connectivity index (χ3n) is 2.53. The zero-order chi connectivity index (χ0) is 12.8. The number of esters is 1. The number of rotatable bonds is 6. The summed E-state index contributed by atoms with van der Waals surface area (Å²) in [6, 6.07) is 0. The van der Waals surface area contributed by atoms with E-state index in [0.717, 1.165) is 13.0 Å². The van der Waals surface area contributed by atoms with Crippen LogP contribution in [0.3, 0.4) is 0 Å². The van der Waals surface area contributed by atoms with Crippen molar-refractivity contribution >= 4 is 5.97 Å². The molecule has 17 heavy (non-hydrogen) atoms. The first-order chi connectivity index (χ1) is 8.04. The van der Waals surface area contributed by atoms with E-state index in [4.69, 9.17) is 4.74 Å². The highest BCUT2D eigenvalue weighted by Gasteiger charge is 2.16. The molecule has 0 saturated carbocycles. The lowest BCUT2D eigenvalue weighted by atomic mass is 10.3. The van der Waals surface area contributed by atoms with Gasteiger partial charge in [0.25, 0.3) is 0 Å². The van der Waals surface area contributed by atoms with Crippen LogP contribution in [0, 0.1) is 0 Å². The second kappa shape index (κ2) is 6.23. The smallest absolute Gasteiger partial charge is 0.336 e. The van der Waals surface area contributed by atoms with E-state index in [1.807, 2.05) is 30.2 Å². The summed E-state index contributed by atoms with van der Waals surface area (Å²) in [5, 5.41) is 0. The van der Waals surface area contributed by atoms with Crippen molar-refractivity contribution in [1.82, 2.24) is 4.57 Å². The number of imidazole rings is 1. The van der Waals surface area contributed by atoms with Gasteiger partial charge in [-0.1, -0.05) is 19.9 Å².